The Morgan fingerprint density at radius 1 is 0.115 bits per heavy atom. The molecular weight excluding hydrogens is 2030 g/mol. The van der Waals surface area contributed by atoms with Gasteiger partial charge in [0.25, 0.3) is 0 Å². The second-order valence-corrected chi connectivity index (χ2v) is 86.3. The van der Waals surface area contributed by atoms with Crippen molar-refractivity contribution >= 4 is 225 Å². The van der Waals surface area contributed by atoms with Gasteiger partial charge in [-0.1, -0.05) is 84.9 Å². The number of fused-ring (bicyclic) bond motifs is 12. The van der Waals surface area contributed by atoms with Gasteiger partial charge in [0, 0.05) is 0 Å². The molecule has 716 valence electrons. The van der Waals surface area contributed by atoms with E-state index >= 15 is 0 Å². The van der Waals surface area contributed by atoms with E-state index in [-0.39, 0.29) is 0 Å². The fourth-order valence-corrected chi connectivity index (χ4v) is 31.5. The van der Waals surface area contributed by atoms with E-state index in [2.05, 4.69) is 598 Å². The number of nitrogens with zero attached hydrogens (tertiary/aromatic N) is 4. The van der Waals surface area contributed by atoms with Gasteiger partial charge in [-0.3, -0.25) is 0 Å². The molecule has 0 aliphatic heterocycles. The van der Waals surface area contributed by atoms with E-state index in [1.807, 2.05) is 0 Å². The van der Waals surface area contributed by atoms with Crippen LogP contribution in [0.3, 0.4) is 0 Å². The SMILES string of the molecule is [CH3][Ge]([CH3])([CH3])[c]1ccc(N(c2ccc(-c3cc4c5ccccc5c(-c5ccc(N(c6cc[c]([Ge]([CH3])([CH3])[CH3])cc6)c6ccc7ccccc7c6)cc5)cc4c4ccccc34)cc2)c2ccc3ccccc3c2)cc1.[CH3][Ge]([CH3])([CH3])[c]1ccc(N(c2ccc(-c3ccccc3)cc2)c2ccc(-c3cc4c5ccccc5c(-c5ccc(N(c6ccc(-c7ccccc7)cc6)c6cc[c]([Ge]([CH3])([CH3])[CH3])cc6)cc5)cc4c4ccccc34)cc2)cc1. The molecule has 8 heteroatoms. The average Bonchev–Trinajstić information content (AvgIpc) is 0.731. The van der Waals surface area contributed by atoms with Gasteiger partial charge < -0.3 is 0 Å². The minimum absolute atomic E-state index is 1.12. The molecule has 0 aliphatic carbocycles. The number of benzene rings is 24. The van der Waals surface area contributed by atoms with Crippen molar-refractivity contribution in [1.29, 1.82) is 0 Å². The topological polar surface area (TPSA) is 13.0 Å². The third-order valence-corrected chi connectivity index (χ3v) is 47.3. The summed E-state index contributed by atoms with van der Waals surface area (Å²) in [5.74, 6) is 29.5. The first kappa shape index (κ1) is 96.2. The minimum atomic E-state index is -2.02. The van der Waals surface area contributed by atoms with Gasteiger partial charge in [-0.15, -0.1) is 0 Å². The van der Waals surface area contributed by atoms with Crippen LogP contribution >= 0.6 is 0 Å². The van der Waals surface area contributed by atoms with Gasteiger partial charge in [0.15, 0.2) is 0 Å². The van der Waals surface area contributed by atoms with Crippen LogP contribution in [0.1, 0.15) is 0 Å². The fourth-order valence-electron chi connectivity index (χ4n) is 21.7. The summed E-state index contributed by atoms with van der Waals surface area (Å²) in [5.41, 5.74) is 28.2. The molecule has 0 saturated heterocycles. The monoisotopic (exact) mass is 2150 g/mol. The summed E-state index contributed by atoms with van der Waals surface area (Å²) in [4.78, 5) is 9.60. The van der Waals surface area contributed by atoms with Crippen molar-refractivity contribution in [3.8, 4) is 66.8 Å². The van der Waals surface area contributed by atoms with Crippen LogP contribution < -0.4 is 37.2 Å². The van der Waals surface area contributed by atoms with Crippen molar-refractivity contribution < 1.29 is 0 Å². The Bertz CT molecular complexity index is 8500. The number of hydrogen-bond donors (Lipinski definition) is 0. The summed E-state index contributed by atoms with van der Waals surface area (Å²) in [6.07, 6.45) is 0. The number of rotatable bonds is 22. The molecule has 0 atom stereocenters. The molecule has 0 aromatic heterocycles. The molecule has 0 bridgehead atoms. The zero-order chi connectivity index (χ0) is 101. The van der Waals surface area contributed by atoms with E-state index in [4.69, 9.17) is 0 Å². The van der Waals surface area contributed by atoms with Crippen LogP contribution in [0.15, 0.2) is 510 Å². The molecule has 0 fully saturated rings. The predicted molar refractivity (Wildman–Crippen MR) is 656 cm³/mol. The van der Waals surface area contributed by atoms with E-state index < -0.39 is 53.1 Å². The van der Waals surface area contributed by atoms with Crippen molar-refractivity contribution in [2.75, 3.05) is 19.6 Å². The summed E-state index contributed by atoms with van der Waals surface area (Å²) < 4.78 is 6.02. The van der Waals surface area contributed by atoms with E-state index in [9.17, 15) is 0 Å². The van der Waals surface area contributed by atoms with Crippen LogP contribution in [0.5, 0.6) is 0 Å². The maximum atomic E-state index is 2.46. The quantitative estimate of drug-likeness (QED) is 0.0495. The predicted octanol–water partition coefficient (Wildman–Crippen LogP) is 38.7. The van der Waals surface area contributed by atoms with Gasteiger partial charge in [-0.25, -0.2) is 0 Å². The molecular formula is C140H120Ge4N4. The van der Waals surface area contributed by atoms with Crippen molar-refractivity contribution in [2.45, 2.75) is 69.1 Å². The second-order valence-electron chi connectivity index (χ2n) is 43.7. The first-order valence-electron chi connectivity index (χ1n) is 52.0. The molecule has 0 heterocycles. The second kappa shape index (κ2) is 40.2. The van der Waals surface area contributed by atoms with Crippen LogP contribution in [0.25, 0.3) is 153 Å². The average molecular weight is 2150 g/mol. The van der Waals surface area contributed by atoms with Crippen LogP contribution in [-0.2, 0) is 0 Å². The molecule has 24 rings (SSSR count). The molecule has 0 saturated carbocycles. The zero-order valence-corrected chi connectivity index (χ0v) is 94.7. The zero-order valence-electron chi connectivity index (χ0n) is 86.3. The Kier molecular flexibility index (Phi) is 26.1. The Hall–Kier alpha value is -15.3. The Labute approximate surface area is 882 Å². The van der Waals surface area contributed by atoms with Gasteiger partial charge in [0.05, 0.1) is 0 Å². The van der Waals surface area contributed by atoms with Gasteiger partial charge in [0.1, 0.15) is 0 Å². The van der Waals surface area contributed by atoms with E-state index in [0.717, 1.165) is 68.2 Å². The molecule has 24 aromatic rings. The fraction of sp³-hybridized carbons (Fsp3) is 0.0857. The van der Waals surface area contributed by atoms with Gasteiger partial charge in [-0.2, -0.15) is 0 Å². The Morgan fingerprint density at radius 3 is 0.493 bits per heavy atom. The molecule has 0 N–H and O–H groups in total. The summed E-state index contributed by atoms with van der Waals surface area (Å²) in [6, 6.07) is 190. The molecule has 24 aromatic carbocycles. The summed E-state index contributed by atoms with van der Waals surface area (Å²) in [6.45, 7) is 0. The molecule has 0 spiro atoms. The van der Waals surface area contributed by atoms with Crippen LogP contribution in [-0.4, -0.2) is 53.1 Å². The van der Waals surface area contributed by atoms with Gasteiger partial charge in [-0.05, 0) is 0 Å². The summed E-state index contributed by atoms with van der Waals surface area (Å²) in [7, 11) is 0. The third-order valence-electron chi connectivity index (χ3n) is 29.9. The summed E-state index contributed by atoms with van der Waals surface area (Å²) in [5, 5.41) is 20.0. The molecule has 148 heavy (non-hydrogen) atoms. The van der Waals surface area contributed by atoms with Crippen molar-refractivity contribution in [3.05, 3.63) is 510 Å². The van der Waals surface area contributed by atoms with E-state index in [1.54, 1.807) is 0 Å². The first-order chi connectivity index (χ1) is 71.9. The van der Waals surface area contributed by atoms with Crippen LogP contribution in [0.4, 0.5) is 68.2 Å². The molecule has 0 amide bonds. The summed E-state index contributed by atoms with van der Waals surface area (Å²) >= 11 is -8.06. The molecule has 0 radical (unpaired) electrons. The molecule has 4 nitrogen and oxygen atoms in total. The normalized spacial score (nSPS) is 11.9. The maximum absolute atomic E-state index is 2.46. The Balaban J connectivity index is 0.000000163. The molecule has 0 aliphatic rings. The van der Waals surface area contributed by atoms with Crippen molar-refractivity contribution in [3.63, 3.8) is 0 Å². The molecule has 0 unspecified atom stereocenters. The number of hydrogen-bond acceptors (Lipinski definition) is 4. The first-order valence-corrected chi connectivity index (χ1v) is 81.3. The van der Waals surface area contributed by atoms with E-state index in [1.165, 1.54) is 171 Å². The van der Waals surface area contributed by atoms with Crippen LogP contribution in [0.2, 0.25) is 69.1 Å². The van der Waals surface area contributed by atoms with Crippen molar-refractivity contribution in [2.24, 2.45) is 0 Å². The van der Waals surface area contributed by atoms with Gasteiger partial charge in [0.2, 0.25) is 0 Å². The Morgan fingerprint density at radius 2 is 0.277 bits per heavy atom. The number of anilines is 12. The van der Waals surface area contributed by atoms with E-state index in [0.29, 0.717) is 0 Å². The third kappa shape index (κ3) is 19.4. The van der Waals surface area contributed by atoms with Crippen LogP contribution in [0, 0.1) is 0 Å². The van der Waals surface area contributed by atoms with Crippen molar-refractivity contribution in [1.82, 2.24) is 0 Å². The standard InChI is InChI=1S/C72H62Ge2N2.C68H58Ge2N2/c1-73(2,3)57-33-45-63(46-34-57)75(59-37-25-53(26-38-59)51-17-9-7-10-18-51)61-41-29-55(30-42-61)69-49-71-68-24-16-14-22-66(68)70(50-72(71)67-23-15-13-21-65(67)69)56-31-43-62(44-32-56)76(64-47-35-58(36-48-64)74(4,5)6)60-39-27-54(28-40-60)52-19-11-8-12-20-52;1-69(2,3)53-29-39-57(40-30-53)71(59-37-23-47-15-7-9-17-51(47)43-59)55-33-25-49(26-34-55)65-45-67-64-22-14-12-20-62(64)66(46-68(67)63-21-13-11-19-61(63)65)50-27-35-56(36-28-50)72(58-41-31-54(32-42-58)70(4,5)6)60-38-24-48-16-8-10-18-52(48)44-60/h7-50H,1-6H3;7-46H,1-6H3. The van der Waals surface area contributed by atoms with Gasteiger partial charge >= 0.3 is 805 Å².